The summed E-state index contributed by atoms with van der Waals surface area (Å²) in [6.45, 7) is 2.62. The Hall–Kier alpha value is -3.53. The average molecular weight is 530 g/mol. The van der Waals surface area contributed by atoms with Gasteiger partial charge in [-0.15, -0.1) is 11.3 Å². The molecule has 1 aromatic heterocycles. The van der Waals surface area contributed by atoms with Crippen LogP contribution in [0.5, 0.6) is 0 Å². The summed E-state index contributed by atoms with van der Waals surface area (Å²) in [6, 6.07) is 11.7. The Morgan fingerprint density at radius 1 is 1.05 bits per heavy atom. The zero-order valence-electron chi connectivity index (χ0n) is 20.2. The van der Waals surface area contributed by atoms with Crippen molar-refractivity contribution in [2.45, 2.75) is 44.7 Å². The SMILES string of the molecule is CC(=O)CCC(=O)N1CCC(c2nc(C(=O)Nc3ccccc3-c3cccc(C(F)(F)F)c3)cs2)CC1. The van der Waals surface area contributed by atoms with E-state index in [-0.39, 0.29) is 36.1 Å². The molecule has 0 spiro atoms. The van der Waals surface area contributed by atoms with Crippen molar-refractivity contribution in [3.8, 4) is 11.1 Å². The quantitative estimate of drug-likeness (QED) is 0.398. The van der Waals surface area contributed by atoms with Crippen molar-refractivity contribution < 1.29 is 27.6 Å². The summed E-state index contributed by atoms with van der Waals surface area (Å²) in [4.78, 5) is 42.6. The number of carbonyl (C=O) groups excluding carboxylic acids is 3. The molecule has 1 aliphatic heterocycles. The second kappa shape index (κ2) is 11.2. The van der Waals surface area contributed by atoms with E-state index in [1.807, 2.05) is 0 Å². The van der Waals surface area contributed by atoms with E-state index < -0.39 is 17.6 Å². The van der Waals surface area contributed by atoms with Crippen molar-refractivity contribution in [3.63, 3.8) is 0 Å². The first-order valence-electron chi connectivity index (χ1n) is 11.9. The van der Waals surface area contributed by atoms with Crippen LogP contribution in [-0.2, 0) is 15.8 Å². The number of amides is 2. The van der Waals surface area contributed by atoms with E-state index in [0.29, 0.717) is 29.9 Å². The zero-order valence-corrected chi connectivity index (χ0v) is 21.0. The van der Waals surface area contributed by atoms with Gasteiger partial charge in [-0.3, -0.25) is 9.59 Å². The number of nitrogens with one attached hydrogen (secondary N) is 1. The van der Waals surface area contributed by atoms with Gasteiger partial charge in [0.15, 0.2) is 0 Å². The van der Waals surface area contributed by atoms with Crippen LogP contribution in [0, 0.1) is 0 Å². The molecule has 0 aliphatic carbocycles. The molecular formula is C27H26F3N3O3S. The van der Waals surface area contributed by atoms with Crippen LogP contribution in [0.3, 0.4) is 0 Å². The van der Waals surface area contributed by atoms with Gasteiger partial charge >= 0.3 is 6.18 Å². The Morgan fingerprint density at radius 3 is 2.49 bits per heavy atom. The number of Topliss-reactive ketones (excluding diaryl/α,β-unsaturated/α-hetero) is 1. The Bertz CT molecular complexity index is 1300. The highest BCUT2D eigenvalue weighted by atomic mass is 32.1. The molecule has 10 heteroatoms. The molecule has 0 atom stereocenters. The molecule has 0 saturated carbocycles. The predicted molar refractivity (Wildman–Crippen MR) is 135 cm³/mol. The minimum absolute atomic E-state index is 0.00530. The lowest BCUT2D eigenvalue weighted by molar-refractivity contribution is -0.137. The fourth-order valence-corrected chi connectivity index (χ4v) is 5.26. The van der Waals surface area contributed by atoms with Crippen molar-refractivity contribution in [1.82, 2.24) is 9.88 Å². The van der Waals surface area contributed by atoms with Gasteiger partial charge in [-0.2, -0.15) is 13.2 Å². The third-order valence-corrected chi connectivity index (χ3v) is 7.33. The number of thiazole rings is 1. The number of halogens is 3. The number of aromatic nitrogens is 1. The summed E-state index contributed by atoms with van der Waals surface area (Å²) in [5.74, 6) is -0.346. The van der Waals surface area contributed by atoms with E-state index in [9.17, 15) is 27.6 Å². The topological polar surface area (TPSA) is 79.4 Å². The number of nitrogens with zero attached hydrogens (tertiary/aromatic N) is 2. The molecular weight excluding hydrogens is 503 g/mol. The van der Waals surface area contributed by atoms with Crippen molar-refractivity contribution in [1.29, 1.82) is 0 Å². The highest BCUT2D eigenvalue weighted by molar-refractivity contribution is 7.10. The maximum atomic E-state index is 13.2. The molecule has 3 aromatic rings. The van der Waals surface area contributed by atoms with Gasteiger partial charge in [0.25, 0.3) is 5.91 Å². The van der Waals surface area contributed by atoms with Gasteiger partial charge in [0.2, 0.25) is 5.91 Å². The molecule has 0 unspecified atom stereocenters. The minimum Gasteiger partial charge on any atom is -0.343 e. The number of alkyl halides is 3. The monoisotopic (exact) mass is 529 g/mol. The van der Waals surface area contributed by atoms with E-state index in [1.165, 1.54) is 24.3 Å². The number of piperidine rings is 1. The number of hydrogen-bond donors (Lipinski definition) is 1. The molecule has 37 heavy (non-hydrogen) atoms. The Kier molecular flexibility index (Phi) is 8.06. The summed E-state index contributed by atoms with van der Waals surface area (Å²) in [5.41, 5.74) is 0.674. The van der Waals surface area contributed by atoms with Crippen LogP contribution in [0.2, 0.25) is 0 Å². The standard InChI is InChI=1S/C27H26F3N3O3S/c1-17(34)9-10-24(35)33-13-11-18(12-14-33)26-32-23(16-37-26)25(36)31-22-8-3-2-7-21(22)19-5-4-6-20(15-19)27(28,29)30/h2-8,15-16,18H,9-14H2,1H3,(H,31,36). The predicted octanol–water partition coefficient (Wildman–Crippen LogP) is 6.16. The van der Waals surface area contributed by atoms with Crippen LogP contribution >= 0.6 is 11.3 Å². The number of anilines is 1. The van der Waals surface area contributed by atoms with Crippen molar-refractivity contribution in [2.24, 2.45) is 0 Å². The first-order valence-corrected chi connectivity index (χ1v) is 12.8. The minimum atomic E-state index is -4.47. The van der Waals surface area contributed by atoms with Crippen LogP contribution in [0.4, 0.5) is 18.9 Å². The number of ketones is 1. The van der Waals surface area contributed by atoms with Gasteiger partial charge in [-0.25, -0.2) is 4.98 Å². The molecule has 2 aromatic carbocycles. The van der Waals surface area contributed by atoms with Gasteiger partial charge in [-0.05, 0) is 43.5 Å². The number of rotatable bonds is 7. The van der Waals surface area contributed by atoms with Crippen LogP contribution in [0.15, 0.2) is 53.9 Å². The van der Waals surface area contributed by atoms with Crippen molar-refractivity contribution >= 4 is 34.6 Å². The normalized spacial score (nSPS) is 14.4. The number of benzene rings is 2. The van der Waals surface area contributed by atoms with Gasteiger partial charge in [-0.1, -0.05) is 30.3 Å². The number of likely N-dealkylation sites (tertiary alicyclic amines) is 1. The first-order chi connectivity index (χ1) is 17.6. The van der Waals surface area contributed by atoms with Crippen LogP contribution in [-0.4, -0.2) is 40.6 Å². The van der Waals surface area contributed by atoms with E-state index in [0.717, 1.165) is 30.0 Å². The van der Waals surface area contributed by atoms with Crippen LogP contribution < -0.4 is 5.32 Å². The molecule has 1 saturated heterocycles. The van der Waals surface area contributed by atoms with E-state index in [4.69, 9.17) is 0 Å². The molecule has 194 valence electrons. The third-order valence-electron chi connectivity index (χ3n) is 6.32. The summed E-state index contributed by atoms with van der Waals surface area (Å²) >= 11 is 1.38. The smallest absolute Gasteiger partial charge is 0.343 e. The molecule has 2 amide bonds. The molecule has 2 heterocycles. The fraction of sp³-hybridized carbons (Fsp3) is 0.333. The molecule has 0 bridgehead atoms. The molecule has 6 nitrogen and oxygen atoms in total. The maximum Gasteiger partial charge on any atom is 0.416 e. The van der Waals surface area contributed by atoms with Gasteiger partial charge in [0, 0.05) is 48.5 Å². The average Bonchev–Trinajstić information content (AvgIpc) is 3.38. The molecule has 1 aliphatic rings. The molecule has 0 radical (unpaired) electrons. The van der Waals surface area contributed by atoms with Gasteiger partial charge in [0.05, 0.1) is 10.6 Å². The number of carbonyl (C=O) groups is 3. The maximum absolute atomic E-state index is 13.2. The summed E-state index contributed by atoms with van der Waals surface area (Å²) in [7, 11) is 0. The Morgan fingerprint density at radius 2 is 1.78 bits per heavy atom. The van der Waals surface area contributed by atoms with E-state index in [2.05, 4.69) is 10.3 Å². The van der Waals surface area contributed by atoms with Crippen molar-refractivity contribution in [2.75, 3.05) is 18.4 Å². The summed E-state index contributed by atoms with van der Waals surface area (Å²) < 4.78 is 39.6. The van der Waals surface area contributed by atoms with E-state index >= 15 is 0 Å². The summed E-state index contributed by atoms with van der Waals surface area (Å²) in [6.07, 6.45) is -2.55. The molecule has 4 rings (SSSR count). The first kappa shape index (κ1) is 26.5. The van der Waals surface area contributed by atoms with Crippen molar-refractivity contribution in [3.05, 3.63) is 70.2 Å². The second-order valence-electron chi connectivity index (χ2n) is 9.01. The highest BCUT2D eigenvalue weighted by Gasteiger charge is 2.31. The van der Waals surface area contributed by atoms with Gasteiger partial charge < -0.3 is 15.0 Å². The van der Waals surface area contributed by atoms with Gasteiger partial charge in [0.1, 0.15) is 11.5 Å². The lowest BCUT2D eigenvalue weighted by Crippen LogP contribution is -2.38. The lowest BCUT2D eigenvalue weighted by atomic mass is 9.97. The molecule has 1 fully saturated rings. The largest absolute Gasteiger partial charge is 0.416 e. The molecule has 1 N–H and O–H groups in total. The van der Waals surface area contributed by atoms with E-state index in [1.54, 1.807) is 40.6 Å². The zero-order chi connectivity index (χ0) is 26.6. The van der Waals surface area contributed by atoms with Crippen LogP contribution in [0.25, 0.3) is 11.1 Å². The summed E-state index contributed by atoms with van der Waals surface area (Å²) in [5, 5.41) is 5.27. The fourth-order valence-electron chi connectivity index (χ4n) is 4.29. The second-order valence-corrected chi connectivity index (χ2v) is 9.90. The number of para-hydroxylation sites is 1. The lowest BCUT2D eigenvalue weighted by Gasteiger charge is -2.31. The Labute approximate surface area is 216 Å². The Balaban J connectivity index is 1.42. The third kappa shape index (κ3) is 6.62. The number of hydrogen-bond acceptors (Lipinski definition) is 5. The van der Waals surface area contributed by atoms with Crippen LogP contribution in [0.1, 0.15) is 59.6 Å². The highest BCUT2D eigenvalue weighted by Crippen LogP contribution is 2.35.